The lowest BCUT2D eigenvalue weighted by Gasteiger charge is -2.43. The third-order valence-corrected chi connectivity index (χ3v) is 5.36. The third-order valence-electron chi connectivity index (χ3n) is 5.36. The maximum absolute atomic E-state index is 12.1. The maximum atomic E-state index is 12.1. The van der Waals surface area contributed by atoms with Crippen molar-refractivity contribution in [2.45, 2.75) is 51.0 Å². The molecule has 1 unspecified atom stereocenters. The van der Waals surface area contributed by atoms with E-state index in [1.54, 1.807) is 11.9 Å². The van der Waals surface area contributed by atoms with Crippen LogP contribution in [0.25, 0.3) is 0 Å². The molecule has 19 heavy (non-hydrogen) atoms. The van der Waals surface area contributed by atoms with Crippen LogP contribution < -0.4 is 5.32 Å². The standard InChI is InChI=1S/C15H26N2O2/c1-17(9-13(18)11-3-4-11)14(19)16-10-15(7-2-8-15)12-5-6-12/h11-13,18H,2-10H2,1H3,(H,16,19). The Morgan fingerprint density at radius 3 is 2.53 bits per heavy atom. The van der Waals surface area contributed by atoms with E-state index in [4.69, 9.17) is 0 Å². The molecule has 2 amide bonds. The van der Waals surface area contributed by atoms with Gasteiger partial charge in [-0.2, -0.15) is 0 Å². The van der Waals surface area contributed by atoms with Gasteiger partial charge in [-0.3, -0.25) is 0 Å². The minimum atomic E-state index is -0.336. The Balaban J connectivity index is 1.42. The molecule has 0 heterocycles. The van der Waals surface area contributed by atoms with Gasteiger partial charge in [0.2, 0.25) is 0 Å². The minimum absolute atomic E-state index is 0.0216. The van der Waals surface area contributed by atoms with E-state index in [2.05, 4.69) is 5.32 Å². The zero-order valence-electron chi connectivity index (χ0n) is 11.9. The van der Waals surface area contributed by atoms with E-state index < -0.39 is 0 Å². The molecule has 0 radical (unpaired) electrons. The van der Waals surface area contributed by atoms with E-state index in [1.807, 2.05) is 0 Å². The van der Waals surface area contributed by atoms with Gasteiger partial charge in [-0.15, -0.1) is 0 Å². The summed E-state index contributed by atoms with van der Waals surface area (Å²) in [6.07, 6.45) is 8.49. The third kappa shape index (κ3) is 2.88. The highest BCUT2D eigenvalue weighted by molar-refractivity contribution is 5.73. The van der Waals surface area contributed by atoms with Gasteiger partial charge >= 0.3 is 6.03 Å². The lowest BCUT2D eigenvalue weighted by Crippen LogP contribution is -2.48. The molecule has 4 heteroatoms. The number of carbonyl (C=O) groups excluding carboxylic acids is 1. The fourth-order valence-electron chi connectivity index (χ4n) is 3.44. The number of carbonyl (C=O) groups is 1. The van der Waals surface area contributed by atoms with Crippen LogP contribution in [0.2, 0.25) is 0 Å². The molecule has 108 valence electrons. The molecule has 3 saturated carbocycles. The fourth-order valence-corrected chi connectivity index (χ4v) is 3.44. The molecule has 0 aliphatic heterocycles. The van der Waals surface area contributed by atoms with E-state index in [-0.39, 0.29) is 12.1 Å². The quantitative estimate of drug-likeness (QED) is 0.772. The van der Waals surface area contributed by atoms with Crippen molar-refractivity contribution in [3.63, 3.8) is 0 Å². The summed E-state index contributed by atoms with van der Waals surface area (Å²) in [6.45, 7) is 1.30. The van der Waals surface area contributed by atoms with Crippen molar-refractivity contribution in [2.75, 3.05) is 20.1 Å². The van der Waals surface area contributed by atoms with Gasteiger partial charge in [0, 0.05) is 20.1 Å². The van der Waals surface area contributed by atoms with Crippen LogP contribution >= 0.6 is 0 Å². The largest absolute Gasteiger partial charge is 0.391 e. The van der Waals surface area contributed by atoms with Crippen molar-refractivity contribution in [1.82, 2.24) is 10.2 Å². The molecular formula is C15H26N2O2. The second kappa shape index (κ2) is 4.97. The Kier molecular flexibility index (Phi) is 3.46. The Labute approximate surface area is 115 Å². The number of aliphatic hydroxyl groups excluding tert-OH is 1. The zero-order valence-corrected chi connectivity index (χ0v) is 11.9. The summed E-state index contributed by atoms with van der Waals surface area (Å²) >= 11 is 0. The highest BCUT2D eigenvalue weighted by atomic mass is 16.3. The lowest BCUT2D eigenvalue weighted by molar-refractivity contribution is 0.0913. The Bertz CT molecular complexity index is 346. The maximum Gasteiger partial charge on any atom is 0.317 e. The Morgan fingerprint density at radius 1 is 1.37 bits per heavy atom. The van der Waals surface area contributed by atoms with E-state index in [0.29, 0.717) is 17.9 Å². The second-order valence-electron chi connectivity index (χ2n) is 6.93. The summed E-state index contributed by atoms with van der Waals surface area (Å²) in [5, 5.41) is 13.0. The number of hydrogen-bond acceptors (Lipinski definition) is 2. The van der Waals surface area contributed by atoms with Gasteiger partial charge in [-0.1, -0.05) is 6.42 Å². The molecule has 4 nitrogen and oxygen atoms in total. The summed E-state index contributed by atoms with van der Waals surface area (Å²) in [5.74, 6) is 1.29. The minimum Gasteiger partial charge on any atom is -0.391 e. The van der Waals surface area contributed by atoms with Crippen molar-refractivity contribution >= 4 is 6.03 Å². The first kappa shape index (κ1) is 13.2. The van der Waals surface area contributed by atoms with Crippen LogP contribution in [0.4, 0.5) is 4.79 Å². The molecule has 3 aliphatic carbocycles. The molecule has 3 aliphatic rings. The molecule has 0 bridgehead atoms. The highest BCUT2D eigenvalue weighted by Gasteiger charge is 2.49. The van der Waals surface area contributed by atoms with Crippen molar-refractivity contribution in [1.29, 1.82) is 0 Å². The van der Waals surface area contributed by atoms with Gasteiger partial charge in [0.15, 0.2) is 0 Å². The van der Waals surface area contributed by atoms with Gasteiger partial charge in [0.1, 0.15) is 0 Å². The van der Waals surface area contributed by atoms with Crippen molar-refractivity contribution in [2.24, 2.45) is 17.3 Å². The van der Waals surface area contributed by atoms with Gasteiger partial charge < -0.3 is 15.3 Å². The molecule has 0 saturated heterocycles. The number of nitrogens with one attached hydrogen (secondary N) is 1. The number of rotatable bonds is 6. The summed E-state index contributed by atoms with van der Waals surface area (Å²) in [5.41, 5.74) is 0.422. The first-order valence-electron chi connectivity index (χ1n) is 7.78. The zero-order chi connectivity index (χ0) is 13.5. The number of hydrogen-bond donors (Lipinski definition) is 2. The molecule has 3 fully saturated rings. The predicted octanol–water partition coefficient (Wildman–Crippen LogP) is 1.98. The van der Waals surface area contributed by atoms with Crippen LogP contribution in [-0.4, -0.2) is 42.3 Å². The molecule has 0 spiro atoms. The number of urea groups is 1. The van der Waals surface area contributed by atoms with Gasteiger partial charge in [-0.05, 0) is 55.8 Å². The van der Waals surface area contributed by atoms with Crippen LogP contribution in [0.5, 0.6) is 0 Å². The summed E-state index contributed by atoms with van der Waals surface area (Å²) in [6, 6.07) is -0.0216. The first-order chi connectivity index (χ1) is 9.11. The SMILES string of the molecule is CN(CC(O)C1CC1)C(=O)NCC1(C2CC2)CCC1. The highest BCUT2D eigenvalue weighted by Crippen LogP contribution is 2.56. The fraction of sp³-hybridized carbons (Fsp3) is 0.933. The molecule has 0 aromatic rings. The molecular weight excluding hydrogens is 240 g/mol. The van der Waals surface area contributed by atoms with Crippen LogP contribution in [0.1, 0.15) is 44.9 Å². The molecule has 3 rings (SSSR count). The Morgan fingerprint density at radius 2 is 2.05 bits per heavy atom. The Hall–Kier alpha value is -0.770. The van der Waals surface area contributed by atoms with Gasteiger partial charge in [0.25, 0.3) is 0 Å². The summed E-state index contributed by atoms with van der Waals surface area (Å²) < 4.78 is 0. The lowest BCUT2D eigenvalue weighted by atomic mass is 9.65. The van der Waals surface area contributed by atoms with Crippen LogP contribution in [0.3, 0.4) is 0 Å². The van der Waals surface area contributed by atoms with E-state index in [0.717, 1.165) is 25.3 Å². The van der Waals surface area contributed by atoms with E-state index >= 15 is 0 Å². The normalized spacial score (nSPS) is 26.4. The summed E-state index contributed by atoms with van der Waals surface area (Å²) in [7, 11) is 1.78. The number of amides is 2. The van der Waals surface area contributed by atoms with Crippen LogP contribution in [0.15, 0.2) is 0 Å². The predicted molar refractivity (Wildman–Crippen MR) is 73.8 cm³/mol. The average molecular weight is 266 g/mol. The second-order valence-corrected chi connectivity index (χ2v) is 6.93. The monoisotopic (exact) mass is 266 g/mol. The average Bonchev–Trinajstić information content (AvgIpc) is 3.16. The van der Waals surface area contributed by atoms with E-state index in [1.165, 1.54) is 32.1 Å². The number of likely N-dealkylation sites (N-methyl/N-ethyl adjacent to an activating group) is 1. The number of aliphatic hydroxyl groups is 1. The molecule has 2 N–H and O–H groups in total. The van der Waals surface area contributed by atoms with Crippen molar-refractivity contribution < 1.29 is 9.90 Å². The van der Waals surface area contributed by atoms with Crippen LogP contribution in [0, 0.1) is 17.3 Å². The van der Waals surface area contributed by atoms with Gasteiger partial charge in [-0.25, -0.2) is 4.79 Å². The van der Waals surface area contributed by atoms with Crippen molar-refractivity contribution in [3.8, 4) is 0 Å². The first-order valence-corrected chi connectivity index (χ1v) is 7.78. The van der Waals surface area contributed by atoms with Crippen LogP contribution in [-0.2, 0) is 0 Å². The molecule has 1 atom stereocenters. The number of nitrogens with zero attached hydrogens (tertiary/aromatic N) is 1. The topological polar surface area (TPSA) is 52.6 Å². The summed E-state index contributed by atoms with van der Waals surface area (Å²) in [4.78, 5) is 13.7. The van der Waals surface area contributed by atoms with E-state index in [9.17, 15) is 9.90 Å². The molecule has 0 aromatic heterocycles. The molecule has 0 aromatic carbocycles. The van der Waals surface area contributed by atoms with Crippen molar-refractivity contribution in [3.05, 3.63) is 0 Å². The van der Waals surface area contributed by atoms with Gasteiger partial charge in [0.05, 0.1) is 6.10 Å². The smallest absolute Gasteiger partial charge is 0.317 e.